The van der Waals surface area contributed by atoms with Crippen molar-refractivity contribution in [1.29, 1.82) is 0 Å². The summed E-state index contributed by atoms with van der Waals surface area (Å²) in [6.45, 7) is 1.24. The zero-order valence-electron chi connectivity index (χ0n) is 17.2. The van der Waals surface area contributed by atoms with Crippen LogP contribution in [0.3, 0.4) is 0 Å². The Morgan fingerprint density at radius 3 is 2.84 bits per heavy atom. The van der Waals surface area contributed by atoms with Gasteiger partial charge >= 0.3 is 0 Å². The second kappa shape index (κ2) is 8.54. The van der Waals surface area contributed by atoms with Crippen molar-refractivity contribution in [3.8, 4) is 0 Å². The number of benzene rings is 1. The minimum Gasteiger partial charge on any atom is -0.373 e. The van der Waals surface area contributed by atoms with Gasteiger partial charge in [0.15, 0.2) is 5.82 Å². The average molecular weight is 461 g/mol. The number of anilines is 2. The Morgan fingerprint density at radius 1 is 1.22 bits per heavy atom. The van der Waals surface area contributed by atoms with Crippen molar-refractivity contribution in [3.05, 3.63) is 47.4 Å². The highest BCUT2D eigenvalue weighted by Gasteiger charge is 2.37. The summed E-state index contributed by atoms with van der Waals surface area (Å²) in [6.07, 6.45) is 6.22. The van der Waals surface area contributed by atoms with Crippen LogP contribution >= 0.6 is 11.6 Å². The van der Waals surface area contributed by atoms with E-state index in [9.17, 15) is 13.6 Å². The molecule has 2 fully saturated rings. The van der Waals surface area contributed by atoms with Gasteiger partial charge in [-0.3, -0.25) is 4.79 Å². The van der Waals surface area contributed by atoms with Gasteiger partial charge in [-0.2, -0.15) is 0 Å². The molecule has 3 N–H and O–H groups in total. The molecule has 0 spiro atoms. The largest absolute Gasteiger partial charge is 0.373 e. The molecular weight excluding hydrogens is 438 g/mol. The minimum atomic E-state index is -0.462. The fourth-order valence-corrected chi connectivity index (χ4v) is 4.59. The lowest BCUT2D eigenvalue weighted by atomic mass is 10.0. The average Bonchev–Trinajstić information content (AvgIpc) is 3.53. The third-order valence-electron chi connectivity index (χ3n) is 6.03. The number of piperidine rings is 1. The normalized spacial score (nSPS) is 19.7. The van der Waals surface area contributed by atoms with Crippen molar-refractivity contribution in [1.82, 2.24) is 20.3 Å². The number of hydrogen-bond donors (Lipinski definition) is 3. The van der Waals surface area contributed by atoms with Gasteiger partial charge < -0.3 is 20.5 Å². The van der Waals surface area contributed by atoms with Crippen molar-refractivity contribution in [2.45, 2.75) is 37.8 Å². The number of carbonyl (C=O) groups is 1. The summed E-state index contributed by atoms with van der Waals surface area (Å²) in [6, 6.07) is 3.61. The van der Waals surface area contributed by atoms with Crippen LogP contribution in [0.4, 0.5) is 20.3 Å². The quantitative estimate of drug-likeness (QED) is 0.520. The summed E-state index contributed by atoms with van der Waals surface area (Å²) in [5, 5.41) is 6.93. The lowest BCUT2D eigenvalue weighted by molar-refractivity contribution is -0.123. The van der Waals surface area contributed by atoms with Crippen molar-refractivity contribution < 1.29 is 13.6 Å². The monoisotopic (exact) mass is 460 g/mol. The van der Waals surface area contributed by atoms with E-state index < -0.39 is 17.7 Å². The van der Waals surface area contributed by atoms with Crippen LogP contribution in [0.15, 0.2) is 30.7 Å². The van der Waals surface area contributed by atoms with Gasteiger partial charge in [0.1, 0.15) is 29.7 Å². The summed E-state index contributed by atoms with van der Waals surface area (Å²) < 4.78 is 28.0. The highest BCUT2D eigenvalue weighted by Crippen LogP contribution is 2.35. The number of hydrogen-bond acceptors (Lipinski definition) is 5. The molecule has 32 heavy (non-hydrogen) atoms. The Kier molecular flexibility index (Phi) is 5.58. The van der Waals surface area contributed by atoms with Gasteiger partial charge in [0.05, 0.1) is 5.39 Å². The first-order valence-electron chi connectivity index (χ1n) is 10.7. The Balaban J connectivity index is 1.29. The lowest BCUT2D eigenvalue weighted by Gasteiger charge is -2.35. The van der Waals surface area contributed by atoms with Crippen LogP contribution in [-0.4, -0.2) is 46.0 Å². The molecule has 2 aliphatic rings. The van der Waals surface area contributed by atoms with Crippen molar-refractivity contribution in [2.24, 2.45) is 5.92 Å². The highest BCUT2D eigenvalue weighted by atomic mass is 35.5. The molecule has 0 radical (unpaired) electrons. The second-order valence-electron chi connectivity index (χ2n) is 8.47. The number of fused-ring (bicyclic) bond motifs is 1. The van der Waals surface area contributed by atoms with Crippen LogP contribution in [0.25, 0.3) is 11.0 Å². The zero-order chi connectivity index (χ0) is 22.2. The number of rotatable bonds is 6. The van der Waals surface area contributed by atoms with E-state index in [1.54, 1.807) is 6.07 Å². The number of nitrogens with zero attached hydrogens (tertiary/aromatic N) is 3. The van der Waals surface area contributed by atoms with Gasteiger partial charge in [0, 0.05) is 36.0 Å². The molecule has 1 aliphatic heterocycles. The van der Waals surface area contributed by atoms with E-state index in [1.807, 2.05) is 4.90 Å². The smallest absolute Gasteiger partial charge is 0.243 e. The molecule has 0 bridgehead atoms. The van der Waals surface area contributed by atoms with E-state index in [1.165, 1.54) is 24.7 Å². The van der Waals surface area contributed by atoms with Gasteiger partial charge in [0.25, 0.3) is 0 Å². The SMILES string of the molecule is O=C(NC1CCCN(c2ncnc3[nH]cc(F)c23)C1)C(Nc1cc(F)cc(Cl)c1)C1CC1. The molecule has 168 valence electrons. The second-order valence-corrected chi connectivity index (χ2v) is 8.91. The third-order valence-corrected chi connectivity index (χ3v) is 6.25. The first-order valence-corrected chi connectivity index (χ1v) is 11.1. The minimum absolute atomic E-state index is 0.109. The maximum absolute atomic E-state index is 14.3. The summed E-state index contributed by atoms with van der Waals surface area (Å²) in [7, 11) is 0. The maximum atomic E-state index is 14.3. The molecule has 1 saturated carbocycles. The van der Waals surface area contributed by atoms with E-state index in [4.69, 9.17) is 11.6 Å². The molecule has 3 heterocycles. The molecular formula is C22H23ClF2N6O. The molecule has 1 saturated heterocycles. The summed E-state index contributed by atoms with van der Waals surface area (Å²) in [4.78, 5) is 26.3. The molecule has 7 nitrogen and oxygen atoms in total. The zero-order valence-corrected chi connectivity index (χ0v) is 18.0. The van der Waals surface area contributed by atoms with Gasteiger partial charge in [-0.25, -0.2) is 18.7 Å². The maximum Gasteiger partial charge on any atom is 0.243 e. The molecule has 2 unspecified atom stereocenters. The number of carbonyl (C=O) groups excluding carboxylic acids is 1. The molecule has 2 aromatic heterocycles. The molecule has 10 heteroatoms. The summed E-state index contributed by atoms with van der Waals surface area (Å²) in [5.41, 5.74) is 0.934. The van der Waals surface area contributed by atoms with Crippen LogP contribution < -0.4 is 15.5 Å². The van der Waals surface area contributed by atoms with E-state index in [-0.39, 0.29) is 22.9 Å². The summed E-state index contributed by atoms with van der Waals surface area (Å²) in [5.74, 6) is -0.244. The predicted molar refractivity (Wildman–Crippen MR) is 119 cm³/mol. The molecule has 1 amide bonds. The van der Waals surface area contributed by atoms with Crippen LogP contribution in [0, 0.1) is 17.6 Å². The third kappa shape index (κ3) is 4.34. The van der Waals surface area contributed by atoms with Crippen molar-refractivity contribution in [2.75, 3.05) is 23.3 Å². The van der Waals surface area contributed by atoms with Crippen LogP contribution in [0.1, 0.15) is 25.7 Å². The van der Waals surface area contributed by atoms with E-state index >= 15 is 0 Å². The van der Waals surface area contributed by atoms with Gasteiger partial charge in [-0.15, -0.1) is 0 Å². The first kappa shape index (κ1) is 20.9. The van der Waals surface area contributed by atoms with Crippen LogP contribution in [-0.2, 0) is 4.79 Å². The first-order chi connectivity index (χ1) is 15.5. The molecule has 5 rings (SSSR count). The Morgan fingerprint density at radius 2 is 2.06 bits per heavy atom. The molecule has 1 aliphatic carbocycles. The fourth-order valence-electron chi connectivity index (χ4n) is 4.37. The number of aromatic amines is 1. The highest BCUT2D eigenvalue weighted by molar-refractivity contribution is 6.30. The number of aromatic nitrogens is 3. The number of H-pyrrole nitrogens is 1. The van der Waals surface area contributed by atoms with E-state index in [2.05, 4.69) is 25.6 Å². The summed E-state index contributed by atoms with van der Waals surface area (Å²) >= 11 is 5.96. The van der Waals surface area contributed by atoms with Gasteiger partial charge in [-0.05, 0) is 49.8 Å². The predicted octanol–water partition coefficient (Wildman–Crippen LogP) is 3.87. The number of nitrogens with one attached hydrogen (secondary N) is 3. The van der Waals surface area contributed by atoms with Crippen LogP contribution in [0.5, 0.6) is 0 Å². The Bertz CT molecular complexity index is 1130. The van der Waals surface area contributed by atoms with Gasteiger partial charge in [0.2, 0.25) is 5.91 Å². The van der Waals surface area contributed by atoms with E-state index in [0.717, 1.165) is 32.2 Å². The van der Waals surface area contributed by atoms with Crippen molar-refractivity contribution >= 4 is 40.0 Å². The fraction of sp³-hybridized carbons (Fsp3) is 0.409. The van der Waals surface area contributed by atoms with E-state index in [0.29, 0.717) is 29.1 Å². The standard InChI is InChI=1S/C22H23ClF2N6O/c23-13-6-14(24)8-16(7-13)29-19(12-3-4-12)22(32)30-15-2-1-5-31(10-15)21-18-17(25)9-26-20(18)27-11-28-21/h6-9,11-12,15,19,29H,1-5,10H2,(H,30,32)(H,26,27,28). The van der Waals surface area contributed by atoms with Crippen molar-refractivity contribution in [3.63, 3.8) is 0 Å². The topological polar surface area (TPSA) is 85.9 Å². The molecule has 3 aromatic rings. The van der Waals surface area contributed by atoms with Crippen LogP contribution in [0.2, 0.25) is 5.02 Å². The number of halogens is 3. The molecule has 2 atom stereocenters. The number of amides is 1. The van der Waals surface area contributed by atoms with Gasteiger partial charge in [-0.1, -0.05) is 11.6 Å². The Labute approximate surface area is 188 Å². The molecule has 1 aromatic carbocycles. The Hall–Kier alpha value is -2.94. The lowest BCUT2D eigenvalue weighted by Crippen LogP contribution is -2.52.